The zero-order valence-corrected chi connectivity index (χ0v) is 17.1. The Labute approximate surface area is 171 Å². The normalized spacial score (nSPS) is 40.7. The number of hydrogen-bond acceptors (Lipinski definition) is 4. The van der Waals surface area contributed by atoms with Gasteiger partial charge in [0.1, 0.15) is 11.4 Å². The van der Waals surface area contributed by atoms with Gasteiger partial charge in [0, 0.05) is 23.9 Å². The summed E-state index contributed by atoms with van der Waals surface area (Å²) in [6.07, 6.45) is 6.58. The molecule has 0 aromatic heterocycles. The first-order chi connectivity index (χ1) is 14.2. The van der Waals surface area contributed by atoms with Crippen molar-refractivity contribution >= 4 is 11.4 Å². The van der Waals surface area contributed by atoms with Crippen molar-refractivity contribution < 1.29 is 14.5 Å². The second-order valence-corrected chi connectivity index (χ2v) is 9.88. The number of nitrogens with zero attached hydrogens (tertiary/aromatic N) is 1. The summed E-state index contributed by atoms with van der Waals surface area (Å²) in [5, 5.41) is 0. The fourth-order valence-electron chi connectivity index (χ4n) is 7.97. The van der Waals surface area contributed by atoms with Crippen molar-refractivity contribution in [2.75, 3.05) is 19.1 Å². The molecule has 1 unspecified atom stereocenters. The maximum absolute atomic E-state index is 6.36. The average Bonchev–Trinajstić information content (AvgIpc) is 2.72. The maximum Gasteiger partial charge on any atom is 0.190 e. The third-order valence-corrected chi connectivity index (χ3v) is 8.78. The summed E-state index contributed by atoms with van der Waals surface area (Å²) in [5.74, 6) is 3.81. The van der Waals surface area contributed by atoms with E-state index < -0.39 is 5.60 Å². The van der Waals surface area contributed by atoms with Gasteiger partial charge in [-0.05, 0) is 67.9 Å². The Morgan fingerprint density at radius 1 is 0.862 bits per heavy atom. The van der Waals surface area contributed by atoms with Crippen LogP contribution in [0.25, 0.3) is 0 Å². The van der Waals surface area contributed by atoms with Gasteiger partial charge in [-0.25, -0.2) is 9.78 Å². The molecule has 8 rings (SSSR count). The van der Waals surface area contributed by atoms with Gasteiger partial charge in [0.2, 0.25) is 0 Å². The van der Waals surface area contributed by atoms with Gasteiger partial charge in [0.05, 0.1) is 12.8 Å². The van der Waals surface area contributed by atoms with Crippen molar-refractivity contribution in [3.8, 4) is 5.75 Å². The van der Waals surface area contributed by atoms with Crippen LogP contribution < -0.4 is 9.64 Å². The molecular formula is C25H27NO3. The van der Waals surface area contributed by atoms with Crippen LogP contribution in [0.1, 0.15) is 43.2 Å². The van der Waals surface area contributed by atoms with Gasteiger partial charge < -0.3 is 9.64 Å². The average molecular weight is 389 g/mol. The number of para-hydroxylation sites is 2. The molecule has 4 nitrogen and oxygen atoms in total. The zero-order chi connectivity index (χ0) is 19.4. The summed E-state index contributed by atoms with van der Waals surface area (Å²) in [7, 11) is 3.89. The van der Waals surface area contributed by atoms with E-state index >= 15 is 0 Å². The molecule has 1 saturated heterocycles. The molecule has 4 saturated carbocycles. The Morgan fingerprint density at radius 2 is 1.55 bits per heavy atom. The Morgan fingerprint density at radius 3 is 2.21 bits per heavy atom. The molecule has 2 aliphatic heterocycles. The Kier molecular flexibility index (Phi) is 3.09. The third kappa shape index (κ3) is 1.72. The number of fused-ring (bicyclic) bond motifs is 4. The van der Waals surface area contributed by atoms with E-state index in [2.05, 4.69) is 54.4 Å². The monoisotopic (exact) mass is 389 g/mol. The highest BCUT2D eigenvalue weighted by Gasteiger charge is 2.77. The minimum absolute atomic E-state index is 0.251. The summed E-state index contributed by atoms with van der Waals surface area (Å²) >= 11 is 0. The molecule has 2 aromatic rings. The largest absolute Gasteiger partial charge is 0.495 e. The molecule has 2 heterocycles. The van der Waals surface area contributed by atoms with Crippen molar-refractivity contribution in [2.45, 2.75) is 43.3 Å². The van der Waals surface area contributed by atoms with Crippen LogP contribution in [0.15, 0.2) is 42.5 Å². The van der Waals surface area contributed by atoms with E-state index in [4.69, 9.17) is 14.5 Å². The quantitative estimate of drug-likeness (QED) is 0.629. The fourth-order valence-corrected chi connectivity index (χ4v) is 7.97. The smallest absolute Gasteiger partial charge is 0.190 e. The van der Waals surface area contributed by atoms with Crippen LogP contribution >= 0.6 is 0 Å². The van der Waals surface area contributed by atoms with Gasteiger partial charge in [0.15, 0.2) is 5.60 Å². The second kappa shape index (κ2) is 5.35. The van der Waals surface area contributed by atoms with Gasteiger partial charge in [-0.2, -0.15) is 0 Å². The van der Waals surface area contributed by atoms with Crippen molar-refractivity contribution in [2.24, 2.45) is 23.7 Å². The van der Waals surface area contributed by atoms with E-state index in [1.54, 1.807) is 7.11 Å². The Balaban J connectivity index is 1.53. The van der Waals surface area contributed by atoms with Crippen LogP contribution in [0, 0.1) is 23.7 Å². The number of ether oxygens (including phenoxy) is 1. The van der Waals surface area contributed by atoms with Crippen molar-refractivity contribution in [1.29, 1.82) is 0 Å². The van der Waals surface area contributed by atoms with Gasteiger partial charge >= 0.3 is 0 Å². The van der Waals surface area contributed by atoms with Gasteiger partial charge in [-0.3, -0.25) is 0 Å². The lowest BCUT2D eigenvalue weighted by atomic mass is 9.44. The number of hydrogen-bond donors (Lipinski definition) is 0. The van der Waals surface area contributed by atoms with Crippen LogP contribution in [0.2, 0.25) is 0 Å². The third-order valence-electron chi connectivity index (χ3n) is 8.78. The molecule has 0 amide bonds. The predicted molar refractivity (Wildman–Crippen MR) is 110 cm³/mol. The molecule has 5 fully saturated rings. The first-order valence-electron chi connectivity index (χ1n) is 11.1. The molecular weight excluding hydrogens is 362 g/mol. The summed E-state index contributed by atoms with van der Waals surface area (Å²) in [5.41, 5.74) is 3.98. The Bertz CT molecular complexity index is 989. The highest BCUT2D eigenvalue weighted by atomic mass is 17.3. The topological polar surface area (TPSA) is 30.9 Å². The van der Waals surface area contributed by atoms with Gasteiger partial charge in [0.25, 0.3) is 0 Å². The molecule has 4 bridgehead atoms. The summed E-state index contributed by atoms with van der Waals surface area (Å²) < 4.78 is 5.82. The highest BCUT2D eigenvalue weighted by Crippen LogP contribution is 2.73. The van der Waals surface area contributed by atoms with Crippen LogP contribution in [-0.2, 0) is 15.4 Å². The molecule has 2 aromatic carbocycles. The molecule has 150 valence electrons. The molecule has 0 N–H and O–H groups in total. The molecule has 4 heteroatoms. The minimum atomic E-state index is -0.539. The van der Waals surface area contributed by atoms with Crippen molar-refractivity contribution in [3.63, 3.8) is 0 Å². The number of rotatable bonds is 1. The van der Waals surface area contributed by atoms with E-state index in [0.717, 1.165) is 23.3 Å². The molecule has 6 aliphatic rings. The minimum Gasteiger partial charge on any atom is -0.495 e. The zero-order valence-electron chi connectivity index (χ0n) is 17.1. The lowest BCUT2D eigenvalue weighted by Gasteiger charge is -2.70. The Hall–Kier alpha value is -2.04. The first-order valence-corrected chi connectivity index (χ1v) is 11.1. The molecule has 1 atom stereocenters. The van der Waals surface area contributed by atoms with E-state index in [1.807, 2.05) is 0 Å². The van der Waals surface area contributed by atoms with Crippen molar-refractivity contribution in [3.05, 3.63) is 53.6 Å². The molecule has 4 aliphatic carbocycles. The number of methoxy groups -OCH3 is 1. The molecule has 0 radical (unpaired) electrons. The maximum atomic E-state index is 6.36. The van der Waals surface area contributed by atoms with E-state index in [0.29, 0.717) is 11.8 Å². The first kappa shape index (κ1) is 16.7. The van der Waals surface area contributed by atoms with Crippen molar-refractivity contribution in [1.82, 2.24) is 0 Å². The molecule has 2 spiro atoms. The standard InChI is InChI=1S/C25H27NO3/c1-26-21-8-4-3-6-19(21)25(20-7-5-9-22(27-2)23(20)26)24(28-29-25)17-11-15-10-16(13-17)14-18(24)12-15/h3-9,15-18H,10-14H2,1-2H3. The summed E-state index contributed by atoms with van der Waals surface area (Å²) in [6, 6.07) is 15.1. The SMILES string of the molecule is COc1cccc2c1N(C)c1ccccc1C21OOC12C1CC3CC(C1)CC2C3. The number of benzene rings is 2. The van der Waals surface area contributed by atoms with Gasteiger partial charge in [-0.1, -0.05) is 30.3 Å². The van der Waals surface area contributed by atoms with Crippen LogP contribution in [0.3, 0.4) is 0 Å². The molecule has 29 heavy (non-hydrogen) atoms. The summed E-state index contributed by atoms with van der Waals surface area (Å²) in [4.78, 5) is 15.0. The van der Waals surface area contributed by atoms with E-state index in [-0.39, 0.29) is 5.60 Å². The number of anilines is 2. The van der Waals surface area contributed by atoms with Gasteiger partial charge in [-0.15, -0.1) is 0 Å². The van der Waals surface area contributed by atoms with Crippen LogP contribution in [-0.4, -0.2) is 19.8 Å². The fraction of sp³-hybridized carbons (Fsp3) is 0.520. The second-order valence-electron chi connectivity index (χ2n) is 9.88. The lowest BCUT2D eigenvalue weighted by Crippen LogP contribution is -2.76. The van der Waals surface area contributed by atoms with Crippen LogP contribution in [0.5, 0.6) is 5.75 Å². The lowest BCUT2D eigenvalue weighted by molar-refractivity contribution is -0.583. The highest BCUT2D eigenvalue weighted by molar-refractivity contribution is 5.82. The van der Waals surface area contributed by atoms with E-state index in [9.17, 15) is 0 Å². The predicted octanol–water partition coefficient (Wildman–Crippen LogP) is 5.18. The van der Waals surface area contributed by atoms with Crippen LogP contribution in [0.4, 0.5) is 11.4 Å². The van der Waals surface area contributed by atoms with E-state index in [1.165, 1.54) is 48.9 Å². The summed E-state index contributed by atoms with van der Waals surface area (Å²) in [6.45, 7) is 0.